The van der Waals surface area contributed by atoms with Crippen LogP contribution in [-0.4, -0.2) is 48.3 Å². The SMILES string of the molecule is CC(C)[C@@H](NC(=O)c1ccccc1Cl)C(=O)N[C@@H]1CC(=O)N(C)C1. The van der Waals surface area contributed by atoms with Crippen molar-refractivity contribution < 1.29 is 14.4 Å². The van der Waals surface area contributed by atoms with Gasteiger partial charge in [0.2, 0.25) is 11.8 Å². The second-order valence-electron chi connectivity index (χ2n) is 6.36. The highest BCUT2D eigenvalue weighted by molar-refractivity contribution is 6.33. The highest BCUT2D eigenvalue weighted by Crippen LogP contribution is 2.16. The third kappa shape index (κ3) is 4.26. The van der Waals surface area contributed by atoms with E-state index in [-0.39, 0.29) is 30.2 Å². The third-order valence-corrected chi connectivity index (χ3v) is 4.37. The van der Waals surface area contributed by atoms with Crippen molar-refractivity contribution >= 4 is 29.3 Å². The van der Waals surface area contributed by atoms with Gasteiger partial charge in [0.25, 0.3) is 5.91 Å². The highest BCUT2D eigenvalue weighted by Gasteiger charge is 2.32. The molecule has 0 radical (unpaired) electrons. The predicted octanol–water partition coefficient (Wildman–Crippen LogP) is 1.44. The van der Waals surface area contributed by atoms with Gasteiger partial charge >= 0.3 is 0 Å². The van der Waals surface area contributed by atoms with Gasteiger partial charge in [-0.05, 0) is 18.1 Å². The number of halogens is 1. The normalized spacial score (nSPS) is 18.6. The van der Waals surface area contributed by atoms with Crippen molar-refractivity contribution in [2.45, 2.75) is 32.4 Å². The Morgan fingerprint density at radius 3 is 2.50 bits per heavy atom. The van der Waals surface area contributed by atoms with E-state index in [9.17, 15) is 14.4 Å². The molecule has 0 bridgehead atoms. The molecule has 0 spiro atoms. The van der Waals surface area contributed by atoms with E-state index >= 15 is 0 Å². The molecule has 24 heavy (non-hydrogen) atoms. The topological polar surface area (TPSA) is 78.5 Å². The van der Waals surface area contributed by atoms with E-state index in [0.29, 0.717) is 17.1 Å². The number of carbonyl (C=O) groups excluding carboxylic acids is 3. The first-order chi connectivity index (χ1) is 11.3. The number of nitrogens with zero attached hydrogens (tertiary/aromatic N) is 1. The minimum absolute atomic E-state index is 0.00139. The average Bonchev–Trinajstić information content (AvgIpc) is 2.82. The number of nitrogens with one attached hydrogen (secondary N) is 2. The molecule has 7 heteroatoms. The zero-order chi connectivity index (χ0) is 17.9. The molecule has 130 valence electrons. The summed E-state index contributed by atoms with van der Waals surface area (Å²) in [5.41, 5.74) is 0.327. The van der Waals surface area contributed by atoms with Crippen molar-refractivity contribution in [3.63, 3.8) is 0 Å². The molecule has 0 unspecified atom stereocenters. The minimum atomic E-state index is -0.699. The van der Waals surface area contributed by atoms with E-state index < -0.39 is 11.9 Å². The molecule has 0 aliphatic carbocycles. The van der Waals surface area contributed by atoms with E-state index in [2.05, 4.69) is 10.6 Å². The van der Waals surface area contributed by atoms with Crippen molar-refractivity contribution in [2.24, 2.45) is 5.92 Å². The molecule has 1 aromatic carbocycles. The van der Waals surface area contributed by atoms with Crippen molar-refractivity contribution in [3.8, 4) is 0 Å². The maximum Gasteiger partial charge on any atom is 0.253 e. The molecule has 0 aromatic heterocycles. The number of rotatable bonds is 5. The standard InChI is InChI=1S/C17H22ClN3O3/c1-10(2)15(17(24)19-11-8-14(22)21(3)9-11)20-16(23)12-6-4-5-7-13(12)18/h4-7,10-11,15H,8-9H2,1-3H3,(H,19,24)(H,20,23)/t11-,15-/m1/s1. The van der Waals surface area contributed by atoms with Gasteiger partial charge in [-0.1, -0.05) is 37.6 Å². The lowest BCUT2D eigenvalue weighted by atomic mass is 10.0. The van der Waals surface area contributed by atoms with Crippen LogP contribution in [0.25, 0.3) is 0 Å². The Morgan fingerprint density at radius 2 is 1.96 bits per heavy atom. The van der Waals surface area contributed by atoms with E-state index in [4.69, 9.17) is 11.6 Å². The van der Waals surface area contributed by atoms with Gasteiger partial charge in [-0.25, -0.2) is 0 Å². The number of hydrogen-bond acceptors (Lipinski definition) is 3. The van der Waals surface area contributed by atoms with Gasteiger partial charge in [-0.15, -0.1) is 0 Å². The average molecular weight is 352 g/mol. The van der Waals surface area contributed by atoms with Crippen LogP contribution in [-0.2, 0) is 9.59 Å². The summed E-state index contributed by atoms with van der Waals surface area (Å²) in [5, 5.41) is 5.91. The van der Waals surface area contributed by atoms with Gasteiger partial charge in [0.15, 0.2) is 0 Å². The summed E-state index contributed by atoms with van der Waals surface area (Å²) < 4.78 is 0. The van der Waals surface area contributed by atoms with Crippen molar-refractivity contribution in [2.75, 3.05) is 13.6 Å². The fraction of sp³-hybridized carbons (Fsp3) is 0.471. The first kappa shape index (κ1) is 18.3. The summed E-state index contributed by atoms with van der Waals surface area (Å²) in [7, 11) is 1.70. The highest BCUT2D eigenvalue weighted by atomic mass is 35.5. The van der Waals surface area contributed by atoms with Crippen LogP contribution in [0.3, 0.4) is 0 Å². The van der Waals surface area contributed by atoms with Gasteiger partial charge in [0.05, 0.1) is 16.6 Å². The van der Waals surface area contributed by atoms with Gasteiger partial charge < -0.3 is 15.5 Å². The lowest BCUT2D eigenvalue weighted by Gasteiger charge is -2.24. The first-order valence-corrected chi connectivity index (χ1v) is 8.27. The quantitative estimate of drug-likeness (QED) is 0.842. The lowest BCUT2D eigenvalue weighted by Crippen LogP contribution is -2.52. The Morgan fingerprint density at radius 1 is 1.29 bits per heavy atom. The fourth-order valence-electron chi connectivity index (χ4n) is 2.65. The van der Waals surface area contributed by atoms with Crippen LogP contribution in [0.1, 0.15) is 30.6 Å². The zero-order valence-electron chi connectivity index (χ0n) is 14.0. The van der Waals surface area contributed by atoms with E-state index in [0.717, 1.165) is 0 Å². The van der Waals surface area contributed by atoms with E-state index in [1.54, 1.807) is 36.2 Å². The van der Waals surface area contributed by atoms with Crippen LogP contribution in [0, 0.1) is 5.92 Å². The maximum absolute atomic E-state index is 12.5. The van der Waals surface area contributed by atoms with E-state index in [1.165, 1.54) is 0 Å². The molecule has 2 N–H and O–H groups in total. The molecule has 2 rings (SSSR count). The molecule has 2 atom stereocenters. The summed E-state index contributed by atoms with van der Waals surface area (Å²) in [6, 6.07) is 5.76. The summed E-state index contributed by atoms with van der Waals surface area (Å²) in [6.07, 6.45) is 0.283. The van der Waals surface area contributed by atoms with Crippen LogP contribution >= 0.6 is 11.6 Å². The van der Waals surface area contributed by atoms with Crippen molar-refractivity contribution in [3.05, 3.63) is 34.9 Å². The van der Waals surface area contributed by atoms with E-state index in [1.807, 2.05) is 13.8 Å². The van der Waals surface area contributed by atoms with Gasteiger partial charge in [-0.2, -0.15) is 0 Å². The molecule has 1 fully saturated rings. The van der Waals surface area contributed by atoms with Crippen LogP contribution in [0.15, 0.2) is 24.3 Å². The van der Waals surface area contributed by atoms with Crippen molar-refractivity contribution in [1.29, 1.82) is 0 Å². The van der Waals surface area contributed by atoms with Crippen LogP contribution in [0.2, 0.25) is 5.02 Å². The Balaban J connectivity index is 2.04. The van der Waals surface area contributed by atoms with Crippen LogP contribution < -0.4 is 10.6 Å². The summed E-state index contributed by atoms with van der Waals surface area (Å²) in [5.74, 6) is -0.791. The number of likely N-dealkylation sites (tertiary alicyclic amines) is 1. The Hall–Kier alpha value is -2.08. The number of likely N-dealkylation sites (N-methyl/N-ethyl adjacent to an activating group) is 1. The summed E-state index contributed by atoms with van der Waals surface area (Å²) in [6.45, 7) is 4.18. The Kier molecular flexibility index (Phi) is 5.83. The largest absolute Gasteiger partial charge is 0.349 e. The fourth-order valence-corrected chi connectivity index (χ4v) is 2.87. The zero-order valence-corrected chi connectivity index (χ0v) is 14.8. The monoisotopic (exact) mass is 351 g/mol. The number of carbonyl (C=O) groups is 3. The van der Waals surface area contributed by atoms with Gasteiger partial charge in [-0.3, -0.25) is 14.4 Å². The smallest absolute Gasteiger partial charge is 0.253 e. The molecule has 1 aliphatic rings. The number of hydrogen-bond donors (Lipinski definition) is 2. The summed E-state index contributed by atoms with van der Waals surface area (Å²) in [4.78, 5) is 38.0. The second-order valence-corrected chi connectivity index (χ2v) is 6.77. The predicted molar refractivity (Wildman–Crippen MR) is 91.7 cm³/mol. The minimum Gasteiger partial charge on any atom is -0.349 e. The van der Waals surface area contributed by atoms with Crippen LogP contribution in [0.5, 0.6) is 0 Å². The van der Waals surface area contributed by atoms with Crippen LogP contribution in [0.4, 0.5) is 0 Å². The second kappa shape index (κ2) is 7.66. The molecule has 0 saturated carbocycles. The first-order valence-electron chi connectivity index (χ1n) is 7.89. The Bertz CT molecular complexity index is 648. The molecule has 1 aromatic rings. The molecule has 1 aliphatic heterocycles. The molecular formula is C17H22ClN3O3. The molecule has 3 amide bonds. The number of benzene rings is 1. The Labute approximate surface area is 146 Å². The van der Waals surface area contributed by atoms with Gasteiger partial charge in [0, 0.05) is 20.0 Å². The molecule has 6 nitrogen and oxygen atoms in total. The third-order valence-electron chi connectivity index (χ3n) is 4.04. The van der Waals surface area contributed by atoms with Gasteiger partial charge in [0.1, 0.15) is 6.04 Å². The molecule has 1 heterocycles. The van der Waals surface area contributed by atoms with Crippen molar-refractivity contribution in [1.82, 2.24) is 15.5 Å². The number of amides is 3. The maximum atomic E-state index is 12.5. The lowest BCUT2D eigenvalue weighted by molar-refractivity contribution is -0.126. The summed E-state index contributed by atoms with van der Waals surface area (Å²) >= 11 is 6.03. The molecular weight excluding hydrogens is 330 g/mol. The molecule has 1 saturated heterocycles.